The topological polar surface area (TPSA) is 90.9 Å². The molecule has 2 aliphatic heterocycles. The summed E-state index contributed by atoms with van der Waals surface area (Å²) in [6.07, 6.45) is 2.51. The van der Waals surface area contributed by atoms with Gasteiger partial charge in [0.1, 0.15) is 0 Å². The zero-order chi connectivity index (χ0) is 21.3. The molecule has 158 valence electrons. The molecule has 4 rings (SSSR count). The van der Waals surface area contributed by atoms with Crippen LogP contribution < -0.4 is 4.90 Å². The first-order chi connectivity index (χ1) is 14.4. The SMILES string of the molecule is CC(=O)N1CCc2cc(S(=O)(=O)N3CCN(C(=O)Cc4ccccn4)CC3)ccc21. The lowest BCUT2D eigenvalue weighted by atomic mass is 10.2. The lowest BCUT2D eigenvalue weighted by molar-refractivity contribution is -0.131. The van der Waals surface area contributed by atoms with Crippen LogP contribution in [0.2, 0.25) is 0 Å². The van der Waals surface area contributed by atoms with Gasteiger partial charge in [-0.15, -0.1) is 0 Å². The molecule has 0 saturated carbocycles. The van der Waals surface area contributed by atoms with Crippen LogP contribution in [-0.4, -0.2) is 67.1 Å². The van der Waals surface area contributed by atoms with Gasteiger partial charge in [-0.25, -0.2) is 8.42 Å². The number of sulfonamides is 1. The first kappa shape index (κ1) is 20.5. The van der Waals surface area contributed by atoms with Gasteiger partial charge < -0.3 is 9.80 Å². The molecule has 0 unspecified atom stereocenters. The number of aromatic nitrogens is 1. The molecule has 8 nitrogen and oxygen atoms in total. The smallest absolute Gasteiger partial charge is 0.243 e. The van der Waals surface area contributed by atoms with Crippen molar-refractivity contribution in [2.45, 2.75) is 24.7 Å². The number of nitrogens with zero attached hydrogens (tertiary/aromatic N) is 4. The summed E-state index contributed by atoms with van der Waals surface area (Å²) >= 11 is 0. The molecule has 1 fully saturated rings. The summed E-state index contributed by atoms with van der Waals surface area (Å²) in [5, 5.41) is 0. The number of anilines is 1. The highest BCUT2D eigenvalue weighted by atomic mass is 32.2. The fourth-order valence-electron chi connectivity index (χ4n) is 3.96. The van der Waals surface area contributed by atoms with Gasteiger partial charge >= 0.3 is 0 Å². The van der Waals surface area contributed by atoms with Crippen molar-refractivity contribution in [1.29, 1.82) is 0 Å². The maximum atomic E-state index is 13.1. The van der Waals surface area contributed by atoms with E-state index in [9.17, 15) is 18.0 Å². The molecule has 9 heteroatoms. The monoisotopic (exact) mass is 428 g/mol. The standard InChI is InChI=1S/C21H24N4O4S/c1-16(26)25-9-7-17-14-19(5-6-20(17)25)30(28,29)24-12-10-23(11-13-24)21(27)15-18-4-2-3-8-22-18/h2-6,8,14H,7,9-13,15H2,1H3. The van der Waals surface area contributed by atoms with Gasteiger partial charge in [-0.1, -0.05) is 6.07 Å². The van der Waals surface area contributed by atoms with Crippen molar-refractivity contribution in [2.75, 3.05) is 37.6 Å². The molecule has 1 aromatic heterocycles. The maximum Gasteiger partial charge on any atom is 0.243 e. The minimum Gasteiger partial charge on any atom is -0.340 e. The highest BCUT2D eigenvalue weighted by molar-refractivity contribution is 7.89. The van der Waals surface area contributed by atoms with Crippen LogP contribution >= 0.6 is 0 Å². The molecule has 0 radical (unpaired) electrons. The van der Waals surface area contributed by atoms with E-state index in [4.69, 9.17) is 0 Å². The van der Waals surface area contributed by atoms with Crippen LogP contribution in [0.5, 0.6) is 0 Å². The van der Waals surface area contributed by atoms with E-state index in [2.05, 4.69) is 4.98 Å². The van der Waals surface area contributed by atoms with Crippen LogP contribution in [0.25, 0.3) is 0 Å². The second-order valence-corrected chi connectivity index (χ2v) is 9.43. The van der Waals surface area contributed by atoms with Crippen LogP contribution in [0.4, 0.5) is 5.69 Å². The second-order valence-electron chi connectivity index (χ2n) is 7.49. The minimum atomic E-state index is -3.65. The molecular weight excluding hydrogens is 404 g/mol. The molecule has 2 amide bonds. The number of benzene rings is 1. The van der Waals surface area contributed by atoms with E-state index in [0.29, 0.717) is 31.7 Å². The van der Waals surface area contributed by atoms with Gasteiger partial charge in [0.05, 0.1) is 11.3 Å². The van der Waals surface area contributed by atoms with Crippen LogP contribution in [0.3, 0.4) is 0 Å². The highest BCUT2D eigenvalue weighted by Crippen LogP contribution is 2.31. The van der Waals surface area contributed by atoms with E-state index < -0.39 is 10.0 Å². The van der Waals surface area contributed by atoms with Crippen molar-refractivity contribution in [3.63, 3.8) is 0 Å². The summed E-state index contributed by atoms with van der Waals surface area (Å²) in [4.78, 5) is 32.0. The summed E-state index contributed by atoms with van der Waals surface area (Å²) in [6, 6.07) is 10.4. The third-order valence-electron chi connectivity index (χ3n) is 5.61. The average molecular weight is 429 g/mol. The lowest BCUT2D eigenvalue weighted by Gasteiger charge is -2.34. The van der Waals surface area contributed by atoms with Crippen LogP contribution in [0.15, 0.2) is 47.5 Å². The van der Waals surface area contributed by atoms with Gasteiger partial charge in [-0.3, -0.25) is 14.6 Å². The summed E-state index contributed by atoms with van der Waals surface area (Å²) in [6.45, 7) is 3.31. The first-order valence-corrected chi connectivity index (χ1v) is 11.4. The number of piperazine rings is 1. The normalized spacial score (nSPS) is 17.1. The van der Waals surface area contributed by atoms with Crippen LogP contribution in [0, 0.1) is 0 Å². The molecule has 1 aromatic carbocycles. The van der Waals surface area contributed by atoms with Crippen molar-refractivity contribution in [1.82, 2.24) is 14.2 Å². The number of carbonyl (C=O) groups excluding carboxylic acids is 2. The van der Waals surface area contributed by atoms with Gasteiger partial charge in [0, 0.05) is 57.2 Å². The van der Waals surface area contributed by atoms with E-state index in [1.54, 1.807) is 46.3 Å². The average Bonchev–Trinajstić information content (AvgIpc) is 3.18. The fourth-order valence-corrected chi connectivity index (χ4v) is 5.44. The maximum absolute atomic E-state index is 13.1. The van der Waals surface area contributed by atoms with E-state index in [-0.39, 0.29) is 36.2 Å². The Hall–Kier alpha value is -2.78. The Morgan fingerprint density at radius 3 is 2.47 bits per heavy atom. The summed E-state index contributed by atoms with van der Waals surface area (Å²) in [7, 11) is -3.65. The molecule has 0 spiro atoms. The Morgan fingerprint density at radius 2 is 1.80 bits per heavy atom. The van der Waals surface area contributed by atoms with E-state index >= 15 is 0 Å². The quantitative estimate of drug-likeness (QED) is 0.727. The molecule has 3 heterocycles. The number of fused-ring (bicyclic) bond motifs is 1. The van der Waals surface area contributed by atoms with Crippen molar-refractivity contribution in [3.05, 3.63) is 53.9 Å². The zero-order valence-electron chi connectivity index (χ0n) is 16.8. The predicted octanol–water partition coefficient (Wildman–Crippen LogP) is 1.07. The van der Waals surface area contributed by atoms with Gasteiger partial charge in [0.25, 0.3) is 0 Å². The molecular formula is C21H24N4O4S. The Morgan fingerprint density at radius 1 is 1.03 bits per heavy atom. The Balaban J connectivity index is 1.42. The highest BCUT2D eigenvalue weighted by Gasteiger charge is 2.32. The molecule has 2 aliphatic rings. The molecule has 1 saturated heterocycles. The van der Waals surface area contributed by atoms with Gasteiger partial charge in [0.2, 0.25) is 21.8 Å². The molecule has 2 aromatic rings. The van der Waals surface area contributed by atoms with Crippen molar-refractivity contribution in [3.8, 4) is 0 Å². The third kappa shape index (κ3) is 3.95. The van der Waals surface area contributed by atoms with Crippen LogP contribution in [0.1, 0.15) is 18.2 Å². The number of pyridine rings is 1. The molecule has 0 aliphatic carbocycles. The Bertz CT molecular complexity index is 1060. The predicted molar refractivity (Wildman–Crippen MR) is 111 cm³/mol. The summed E-state index contributed by atoms with van der Waals surface area (Å²) < 4.78 is 27.6. The van der Waals surface area contributed by atoms with E-state index in [0.717, 1.165) is 11.3 Å². The number of hydrogen-bond acceptors (Lipinski definition) is 5. The summed E-state index contributed by atoms with van der Waals surface area (Å²) in [5.41, 5.74) is 2.36. The third-order valence-corrected chi connectivity index (χ3v) is 7.51. The zero-order valence-corrected chi connectivity index (χ0v) is 17.6. The minimum absolute atomic E-state index is 0.0455. The first-order valence-electron chi connectivity index (χ1n) is 9.95. The Labute approximate surface area is 176 Å². The van der Waals surface area contributed by atoms with Crippen LogP contribution in [-0.2, 0) is 32.5 Å². The summed E-state index contributed by atoms with van der Waals surface area (Å²) in [5.74, 6) is -0.0940. The van der Waals surface area contributed by atoms with Gasteiger partial charge in [-0.05, 0) is 42.3 Å². The Kier molecular flexibility index (Phi) is 5.57. The van der Waals surface area contributed by atoms with Gasteiger partial charge in [0.15, 0.2) is 0 Å². The van der Waals surface area contributed by atoms with E-state index in [1.807, 2.05) is 6.07 Å². The van der Waals surface area contributed by atoms with E-state index in [1.165, 1.54) is 11.2 Å². The van der Waals surface area contributed by atoms with Crippen molar-refractivity contribution < 1.29 is 18.0 Å². The number of amides is 2. The number of rotatable bonds is 4. The van der Waals surface area contributed by atoms with Crippen molar-refractivity contribution >= 4 is 27.5 Å². The largest absolute Gasteiger partial charge is 0.340 e. The number of hydrogen-bond donors (Lipinski definition) is 0. The lowest BCUT2D eigenvalue weighted by Crippen LogP contribution is -2.50. The fraction of sp³-hybridized carbons (Fsp3) is 0.381. The van der Waals surface area contributed by atoms with Gasteiger partial charge in [-0.2, -0.15) is 4.31 Å². The number of carbonyl (C=O) groups is 2. The van der Waals surface area contributed by atoms with Crippen molar-refractivity contribution in [2.24, 2.45) is 0 Å². The molecule has 0 N–H and O–H groups in total. The molecule has 0 bridgehead atoms. The molecule has 0 atom stereocenters. The second kappa shape index (κ2) is 8.16. The molecule has 30 heavy (non-hydrogen) atoms.